The number of rotatable bonds is 5. The Kier molecular flexibility index (Phi) is 5.64. The Morgan fingerprint density at radius 2 is 2.04 bits per heavy atom. The number of benzene rings is 1. The highest BCUT2D eigenvalue weighted by molar-refractivity contribution is 7.89. The molecule has 2 N–H and O–H groups in total. The van der Waals surface area contributed by atoms with Gasteiger partial charge in [-0.1, -0.05) is 17.7 Å². The molecule has 1 aromatic heterocycles. The van der Waals surface area contributed by atoms with Gasteiger partial charge in [-0.3, -0.25) is 4.79 Å². The minimum Gasteiger partial charge on any atom is -0.336 e. The predicted molar refractivity (Wildman–Crippen MR) is 101 cm³/mol. The van der Waals surface area contributed by atoms with Gasteiger partial charge in [-0.2, -0.15) is 4.72 Å². The molecule has 1 amide bonds. The lowest BCUT2D eigenvalue weighted by atomic mass is 10.1. The number of aromatic nitrogens is 2. The second-order valence-electron chi connectivity index (χ2n) is 6.80. The van der Waals surface area contributed by atoms with Gasteiger partial charge in [-0.15, -0.1) is 0 Å². The molecule has 8 nitrogen and oxygen atoms in total. The van der Waals surface area contributed by atoms with Gasteiger partial charge in [0, 0.05) is 39.1 Å². The van der Waals surface area contributed by atoms with Gasteiger partial charge in [0.2, 0.25) is 15.9 Å². The normalized spacial score (nSPS) is 19.1. The molecule has 0 aliphatic carbocycles. The van der Waals surface area contributed by atoms with Crippen molar-refractivity contribution in [3.05, 3.63) is 48.0 Å². The third-order valence-corrected chi connectivity index (χ3v) is 6.27. The van der Waals surface area contributed by atoms with Crippen molar-refractivity contribution in [3.8, 4) is 0 Å². The minimum absolute atomic E-state index is 0.147. The van der Waals surface area contributed by atoms with Crippen LogP contribution in [0.2, 0.25) is 0 Å². The van der Waals surface area contributed by atoms with Crippen molar-refractivity contribution in [2.45, 2.75) is 30.8 Å². The molecule has 1 fully saturated rings. The Morgan fingerprint density at radius 3 is 2.67 bits per heavy atom. The lowest BCUT2D eigenvalue weighted by molar-refractivity contribution is -0.136. The van der Waals surface area contributed by atoms with Crippen LogP contribution in [0.25, 0.3) is 0 Å². The molecule has 9 heteroatoms. The van der Waals surface area contributed by atoms with Crippen LogP contribution in [0.15, 0.2) is 41.6 Å². The van der Waals surface area contributed by atoms with Crippen molar-refractivity contribution < 1.29 is 13.2 Å². The quantitative estimate of drug-likeness (QED) is 0.777. The molecule has 1 aliphatic rings. The second kappa shape index (κ2) is 7.79. The first-order valence-electron chi connectivity index (χ1n) is 8.87. The molecule has 2 unspecified atom stereocenters. The molecule has 0 radical (unpaired) electrons. The van der Waals surface area contributed by atoms with E-state index in [4.69, 9.17) is 0 Å². The van der Waals surface area contributed by atoms with Gasteiger partial charge in [-0.25, -0.2) is 13.4 Å². The van der Waals surface area contributed by atoms with E-state index < -0.39 is 16.1 Å². The van der Waals surface area contributed by atoms with Crippen molar-refractivity contribution in [1.29, 1.82) is 0 Å². The fraction of sp³-hybridized carbons (Fsp3) is 0.444. The zero-order valence-corrected chi connectivity index (χ0v) is 16.5. The smallest absolute Gasteiger partial charge is 0.241 e. The van der Waals surface area contributed by atoms with Crippen molar-refractivity contribution in [2.24, 2.45) is 7.05 Å². The lowest BCUT2D eigenvalue weighted by Gasteiger charge is -2.37. The Balaban J connectivity index is 1.77. The van der Waals surface area contributed by atoms with Crippen LogP contribution in [0.5, 0.6) is 0 Å². The zero-order chi connectivity index (χ0) is 19.6. The van der Waals surface area contributed by atoms with Gasteiger partial charge in [0.05, 0.1) is 10.9 Å². The Hall–Kier alpha value is -2.23. The number of sulfonamides is 1. The van der Waals surface area contributed by atoms with Crippen LogP contribution in [0.1, 0.15) is 24.4 Å². The van der Waals surface area contributed by atoms with Crippen molar-refractivity contribution in [3.63, 3.8) is 0 Å². The molecule has 1 aromatic carbocycles. The van der Waals surface area contributed by atoms with E-state index in [1.54, 1.807) is 30.2 Å². The Morgan fingerprint density at radius 1 is 1.33 bits per heavy atom. The molecule has 27 heavy (non-hydrogen) atoms. The van der Waals surface area contributed by atoms with Crippen LogP contribution >= 0.6 is 0 Å². The summed E-state index contributed by atoms with van der Waals surface area (Å²) in [5.74, 6) is 0.504. The molecule has 0 bridgehead atoms. The number of carbonyl (C=O) groups excluding carboxylic acids is 1. The van der Waals surface area contributed by atoms with Crippen LogP contribution in [-0.4, -0.2) is 54.5 Å². The summed E-state index contributed by atoms with van der Waals surface area (Å²) in [6, 6.07) is 5.42. The highest BCUT2D eigenvalue weighted by Crippen LogP contribution is 2.21. The molecule has 2 heterocycles. The maximum atomic E-state index is 13.0. The zero-order valence-electron chi connectivity index (χ0n) is 15.7. The third kappa shape index (κ3) is 4.20. The van der Waals surface area contributed by atoms with Crippen LogP contribution in [0.3, 0.4) is 0 Å². The van der Waals surface area contributed by atoms with E-state index in [9.17, 15) is 13.2 Å². The maximum Gasteiger partial charge on any atom is 0.241 e. The first-order chi connectivity index (χ1) is 12.8. The summed E-state index contributed by atoms with van der Waals surface area (Å²) in [6.45, 7) is 5.19. The molecule has 146 valence electrons. The molecule has 0 saturated carbocycles. The average Bonchev–Trinajstić information content (AvgIpc) is 3.07. The van der Waals surface area contributed by atoms with E-state index >= 15 is 0 Å². The fourth-order valence-electron chi connectivity index (χ4n) is 3.21. The maximum absolute atomic E-state index is 13.0. The number of amides is 1. The molecular weight excluding hydrogens is 366 g/mol. The SMILES string of the molecule is Cc1ccc(S(=O)(=O)NC(C)C(=O)N2CCNCC2c2nccn2C)cc1. The molecule has 1 aliphatic heterocycles. The van der Waals surface area contributed by atoms with Gasteiger partial charge in [0.1, 0.15) is 11.9 Å². The molecule has 2 aromatic rings. The van der Waals surface area contributed by atoms with E-state index in [1.807, 2.05) is 24.7 Å². The standard InChI is InChI=1S/C18H25N5O3S/c1-13-4-6-15(7-5-13)27(25,26)21-14(2)18(24)23-11-8-19-12-16(23)17-20-9-10-22(17)3/h4-7,9-10,14,16,19,21H,8,11-12H2,1-3H3. The van der Waals surface area contributed by atoms with E-state index in [1.165, 1.54) is 12.1 Å². The number of nitrogens with one attached hydrogen (secondary N) is 2. The van der Waals surface area contributed by atoms with Gasteiger partial charge in [0.25, 0.3) is 0 Å². The van der Waals surface area contributed by atoms with Crippen molar-refractivity contribution >= 4 is 15.9 Å². The Bertz CT molecular complexity index is 907. The second-order valence-corrected chi connectivity index (χ2v) is 8.52. The number of piperazine rings is 1. The molecule has 2 atom stereocenters. The van der Waals surface area contributed by atoms with Crippen LogP contribution in [0, 0.1) is 6.92 Å². The van der Waals surface area contributed by atoms with Gasteiger partial charge < -0.3 is 14.8 Å². The summed E-state index contributed by atoms with van der Waals surface area (Å²) in [5.41, 5.74) is 0.969. The van der Waals surface area contributed by atoms with E-state index in [2.05, 4.69) is 15.0 Å². The monoisotopic (exact) mass is 391 g/mol. The molecule has 3 rings (SSSR count). The highest BCUT2D eigenvalue weighted by Gasteiger charge is 2.34. The third-order valence-electron chi connectivity index (χ3n) is 4.72. The number of aryl methyl sites for hydroxylation is 2. The summed E-state index contributed by atoms with van der Waals surface area (Å²) < 4.78 is 29.6. The molecule has 0 spiro atoms. The average molecular weight is 391 g/mol. The van der Waals surface area contributed by atoms with Gasteiger partial charge in [-0.05, 0) is 26.0 Å². The summed E-state index contributed by atoms with van der Waals surface area (Å²) in [6.07, 6.45) is 3.52. The minimum atomic E-state index is -3.77. The first-order valence-corrected chi connectivity index (χ1v) is 10.4. The topological polar surface area (TPSA) is 96.3 Å². The number of hydrogen-bond acceptors (Lipinski definition) is 5. The molecular formula is C18H25N5O3S. The summed E-state index contributed by atoms with van der Waals surface area (Å²) in [5, 5.41) is 3.27. The lowest BCUT2D eigenvalue weighted by Crippen LogP contribution is -2.54. The van der Waals surface area contributed by atoms with E-state index in [0.29, 0.717) is 19.6 Å². The van der Waals surface area contributed by atoms with Crippen LogP contribution in [-0.2, 0) is 21.9 Å². The van der Waals surface area contributed by atoms with Crippen LogP contribution in [0.4, 0.5) is 0 Å². The first kappa shape index (κ1) is 19.5. The van der Waals surface area contributed by atoms with E-state index in [0.717, 1.165) is 11.4 Å². The number of nitrogens with zero attached hydrogens (tertiary/aromatic N) is 3. The highest BCUT2D eigenvalue weighted by atomic mass is 32.2. The number of imidazole rings is 1. The number of carbonyl (C=O) groups is 1. The van der Waals surface area contributed by atoms with E-state index in [-0.39, 0.29) is 16.8 Å². The fourth-order valence-corrected chi connectivity index (χ4v) is 4.41. The summed E-state index contributed by atoms with van der Waals surface area (Å²) >= 11 is 0. The van der Waals surface area contributed by atoms with Crippen LogP contribution < -0.4 is 10.0 Å². The van der Waals surface area contributed by atoms with Gasteiger partial charge >= 0.3 is 0 Å². The van der Waals surface area contributed by atoms with Crippen molar-refractivity contribution in [2.75, 3.05) is 19.6 Å². The Labute approximate surface area is 159 Å². The van der Waals surface area contributed by atoms with Gasteiger partial charge in [0.15, 0.2) is 0 Å². The summed E-state index contributed by atoms with van der Waals surface area (Å²) in [4.78, 5) is 19.2. The largest absolute Gasteiger partial charge is 0.336 e. The predicted octanol–water partition coefficient (Wildman–Crippen LogP) is 0.568. The molecule has 1 saturated heterocycles. The number of hydrogen-bond donors (Lipinski definition) is 2. The summed E-state index contributed by atoms with van der Waals surface area (Å²) in [7, 11) is -1.90. The van der Waals surface area contributed by atoms with Crippen molar-refractivity contribution in [1.82, 2.24) is 24.5 Å².